The molecule has 0 radical (unpaired) electrons. The van der Waals surface area contributed by atoms with E-state index in [0.717, 1.165) is 38.2 Å². The first-order chi connectivity index (χ1) is 14.3. The summed E-state index contributed by atoms with van der Waals surface area (Å²) in [6.45, 7) is 2.88. The van der Waals surface area contributed by atoms with Crippen LogP contribution in [0.3, 0.4) is 0 Å². The Bertz CT molecular complexity index is 1140. The van der Waals surface area contributed by atoms with Crippen molar-refractivity contribution in [2.24, 2.45) is 0 Å². The highest BCUT2D eigenvalue weighted by atomic mass is 19.1. The van der Waals surface area contributed by atoms with Gasteiger partial charge in [-0.15, -0.1) is 0 Å². The first-order valence-corrected chi connectivity index (χ1v) is 10.1. The molecule has 1 N–H and O–H groups in total. The van der Waals surface area contributed by atoms with E-state index in [2.05, 4.69) is 44.1 Å². The number of aromatic nitrogens is 3. The van der Waals surface area contributed by atoms with E-state index in [1.807, 2.05) is 12.3 Å². The molecule has 1 aliphatic heterocycles. The summed E-state index contributed by atoms with van der Waals surface area (Å²) < 4.78 is 14.4. The zero-order chi connectivity index (χ0) is 19.6. The number of nitrogens with one attached hydrogen (secondary N) is 1. The molecule has 1 aliphatic rings. The van der Waals surface area contributed by atoms with Crippen LogP contribution >= 0.6 is 0 Å². The van der Waals surface area contributed by atoms with E-state index in [4.69, 9.17) is 0 Å². The van der Waals surface area contributed by atoms with Crippen LogP contribution in [0.1, 0.15) is 30.0 Å². The van der Waals surface area contributed by atoms with Crippen molar-refractivity contribution in [1.82, 2.24) is 19.9 Å². The number of piperidine rings is 1. The Morgan fingerprint density at radius 1 is 1.07 bits per heavy atom. The summed E-state index contributed by atoms with van der Waals surface area (Å²) in [5.74, 6) is 0.00441. The number of benzene rings is 2. The molecule has 1 saturated heterocycles. The number of likely N-dealkylation sites (tertiary alicyclic amines) is 1. The van der Waals surface area contributed by atoms with Gasteiger partial charge in [-0.05, 0) is 60.7 Å². The van der Waals surface area contributed by atoms with E-state index in [-0.39, 0.29) is 11.7 Å². The minimum atomic E-state index is -0.248. The molecular weight excluding hydrogens is 363 g/mol. The lowest BCUT2D eigenvalue weighted by Gasteiger charge is -2.33. The second-order valence-electron chi connectivity index (χ2n) is 7.74. The normalized spacial score (nSPS) is 17.6. The summed E-state index contributed by atoms with van der Waals surface area (Å²) in [4.78, 5) is 14.9. The van der Waals surface area contributed by atoms with Gasteiger partial charge in [-0.3, -0.25) is 14.9 Å². The monoisotopic (exact) mass is 386 g/mol. The standard InChI is InChI=1S/C24H23FN4/c25-21-6-2-1-5-20(21)24-23(27-11-12-28-24)19-4-3-13-29(16-19)15-17-7-8-22-18(14-17)9-10-26-22/h1-2,5-12,14,19,26H,3-4,13,15-16H2/t19-/m0/s1. The molecule has 0 bridgehead atoms. The van der Waals surface area contributed by atoms with Gasteiger partial charge in [-0.2, -0.15) is 0 Å². The first kappa shape index (κ1) is 18.0. The van der Waals surface area contributed by atoms with Crippen LogP contribution < -0.4 is 0 Å². The topological polar surface area (TPSA) is 44.8 Å². The van der Waals surface area contributed by atoms with Gasteiger partial charge >= 0.3 is 0 Å². The zero-order valence-electron chi connectivity index (χ0n) is 16.2. The summed E-state index contributed by atoms with van der Waals surface area (Å²) in [5, 5.41) is 1.24. The Morgan fingerprint density at radius 2 is 1.97 bits per heavy atom. The number of aromatic amines is 1. The van der Waals surface area contributed by atoms with Crippen LogP contribution in [-0.2, 0) is 6.54 Å². The predicted molar refractivity (Wildman–Crippen MR) is 113 cm³/mol. The number of fused-ring (bicyclic) bond motifs is 1. The zero-order valence-corrected chi connectivity index (χ0v) is 16.2. The largest absolute Gasteiger partial charge is 0.361 e. The van der Waals surface area contributed by atoms with Crippen LogP contribution in [0, 0.1) is 5.82 Å². The van der Waals surface area contributed by atoms with Crippen LogP contribution in [-0.4, -0.2) is 32.9 Å². The van der Waals surface area contributed by atoms with Gasteiger partial charge in [0.15, 0.2) is 0 Å². The molecule has 0 unspecified atom stereocenters. The molecule has 146 valence electrons. The number of halogens is 1. The van der Waals surface area contributed by atoms with Gasteiger partial charge in [0.25, 0.3) is 0 Å². The minimum Gasteiger partial charge on any atom is -0.361 e. The van der Waals surface area contributed by atoms with Crippen molar-refractivity contribution in [2.75, 3.05) is 13.1 Å². The van der Waals surface area contributed by atoms with Crippen molar-refractivity contribution in [3.05, 3.63) is 84.2 Å². The van der Waals surface area contributed by atoms with Crippen molar-refractivity contribution >= 4 is 10.9 Å². The van der Waals surface area contributed by atoms with Gasteiger partial charge in [-0.1, -0.05) is 18.2 Å². The summed E-state index contributed by atoms with van der Waals surface area (Å²) in [6.07, 6.45) is 7.50. The van der Waals surface area contributed by atoms with Crippen LogP contribution in [0.5, 0.6) is 0 Å². The summed E-state index contributed by atoms with van der Waals surface area (Å²) >= 11 is 0. The lowest BCUT2D eigenvalue weighted by molar-refractivity contribution is 0.198. The number of hydrogen-bond donors (Lipinski definition) is 1. The van der Waals surface area contributed by atoms with E-state index in [1.54, 1.807) is 24.5 Å². The van der Waals surface area contributed by atoms with Crippen molar-refractivity contribution in [3.8, 4) is 11.3 Å². The van der Waals surface area contributed by atoms with E-state index in [0.29, 0.717) is 11.3 Å². The Hall–Kier alpha value is -3.05. The van der Waals surface area contributed by atoms with Crippen molar-refractivity contribution in [1.29, 1.82) is 0 Å². The second kappa shape index (κ2) is 7.76. The summed E-state index contributed by atoms with van der Waals surface area (Å²) in [5.41, 5.74) is 4.59. The fraction of sp³-hybridized carbons (Fsp3) is 0.250. The molecule has 0 amide bonds. The maximum atomic E-state index is 14.4. The summed E-state index contributed by atoms with van der Waals surface area (Å²) in [6, 6.07) is 15.5. The molecule has 4 nitrogen and oxygen atoms in total. The molecule has 4 aromatic rings. The van der Waals surface area contributed by atoms with Crippen LogP contribution in [0.2, 0.25) is 0 Å². The molecule has 5 rings (SSSR count). The minimum absolute atomic E-state index is 0.248. The Labute approximate surface area is 169 Å². The molecule has 1 fully saturated rings. The van der Waals surface area contributed by atoms with Crippen LogP contribution in [0.15, 0.2) is 67.1 Å². The molecule has 0 spiro atoms. The van der Waals surface area contributed by atoms with E-state index in [1.165, 1.54) is 22.5 Å². The van der Waals surface area contributed by atoms with Gasteiger partial charge in [0, 0.05) is 48.7 Å². The average molecular weight is 386 g/mol. The molecular formula is C24H23FN4. The summed E-state index contributed by atoms with van der Waals surface area (Å²) in [7, 11) is 0. The van der Waals surface area contributed by atoms with Gasteiger partial charge in [-0.25, -0.2) is 4.39 Å². The van der Waals surface area contributed by atoms with Gasteiger partial charge < -0.3 is 4.98 Å². The molecule has 2 aromatic carbocycles. The lowest BCUT2D eigenvalue weighted by Crippen LogP contribution is -2.34. The fourth-order valence-corrected chi connectivity index (χ4v) is 4.39. The maximum Gasteiger partial charge on any atom is 0.132 e. The molecule has 1 atom stereocenters. The van der Waals surface area contributed by atoms with Crippen LogP contribution in [0.25, 0.3) is 22.2 Å². The second-order valence-corrected chi connectivity index (χ2v) is 7.74. The Balaban J connectivity index is 1.39. The molecule has 29 heavy (non-hydrogen) atoms. The third kappa shape index (κ3) is 3.66. The van der Waals surface area contributed by atoms with E-state index >= 15 is 0 Å². The van der Waals surface area contributed by atoms with E-state index in [9.17, 15) is 4.39 Å². The first-order valence-electron chi connectivity index (χ1n) is 10.1. The van der Waals surface area contributed by atoms with Crippen molar-refractivity contribution in [3.63, 3.8) is 0 Å². The molecule has 2 aromatic heterocycles. The molecule has 0 saturated carbocycles. The Morgan fingerprint density at radius 3 is 2.90 bits per heavy atom. The Kier molecular flexibility index (Phi) is 4.82. The molecule has 3 heterocycles. The third-order valence-corrected chi connectivity index (χ3v) is 5.77. The lowest BCUT2D eigenvalue weighted by atomic mass is 9.91. The van der Waals surface area contributed by atoms with Crippen LogP contribution in [0.4, 0.5) is 4.39 Å². The average Bonchev–Trinajstić information content (AvgIpc) is 3.22. The maximum absolute atomic E-state index is 14.4. The highest BCUT2D eigenvalue weighted by Gasteiger charge is 2.26. The van der Waals surface area contributed by atoms with Gasteiger partial charge in [0.2, 0.25) is 0 Å². The van der Waals surface area contributed by atoms with E-state index < -0.39 is 0 Å². The highest BCUT2D eigenvalue weighted by molar-refractivity contribution is 5.79. The highest BCUT2D eigenvalue weighted by Crippen LogP contribution is 2.33. The number of nitrogens with zero attached hydrogens (tertiary/aromatic N) is 3. The number of rotatable bonds is 4. The fourth-order valence-electron chi connectivity index (χ4n) is 4.39. The molecule has 5 heteroatoms. The number of hydrogen-bond acceptors (Lipinski definition) is 3. The van der Waals surface area contributed by atoms with Crippen molar-refractivity contribution in [2.45, 2.75) is 25.3 Å². The SMILES string of the molecule is Fc1ccccc1-c1nccnc1[C@H]1CCCN(Cc2ccc3[nH]ccc3c2)C1. The van der Waals surface area contributed by atoms with Gasteiger partial charge in [0.05, 0.1) is 11.4 Å². The smallest absolute Gasteiger partial charge is 0.132 e. The quantitative estimate of drug-likeness (QED) is 0.528. The van der Waals surface area contributed by atoms with Gasteiger partial charge in [0.1, 0.15) is 5.82 Å². The number of H-pyrrole nitrogens is 1. The third-order valence-electron chi connectivity index (χ3n) is 5.77. The molecule has 0 aliphatic carbocycles. The predicted octanol–water partition coefficient (Wildman–Crippen LogP) is 5.14. The van der Waals surface area contributed by atoms with Crippen molar-refractivity contribution < 1.29 is 4.39 Å².